The molecule has 0 spiro atoms. The number of halogens is 1. The molecule has 1 amide bonds. The van der Waals surface area contributed by atoms with Crippen molar-refractivity contribution in [3.63, 3.8) is 0 Å². The quantitative estimate of drug-likeness (QED) is 0.265. The number of aromatic nitrogens is 1. The Kier molecular flexibility index (Phi) is 5.70. The summed E-state index contributed by atoms with van der Waals surface area (Å²) in [5.74, 6) is -0.0981. The Hall–Kier alpha value is -3.25. The van der Waals surface area contributed by atoms with E-state index >= 15 is 0 Å². The van der Waals surface area contributed by atoms with E-state index in [0.29, 0.717) is 22.7 Å². The van der Waals surface area contributed by atoms with Crippen molar-refractivity contribution in [3.05, 3.63) is 87.7 Å². The predicted octanol–water partition coefficient (Wildman–Crippen LogP) is 3.77. The molecular weight excluding hydrogens is 376 g/mol. The monoisotopic (exact) mass is 396 g/mol. The second-order valence-electron chi connectivity index (χ2n) is 6.46. The zero-order valence-corrected chi connectivity index (χ0v) is 16.4. The summed E-state index contributed by atoms with van der Waals surface area (Å²) in [6.45, 7) is 4.26. The SMILES string of the molecule is Cc1cc(C(=O)NCc2ccc(/C(N)=N/O)cc2)c(C)n1-c1ccc(Cl)cc1. The first-order valence-corrected chi connectivity index (χ1v) is 9.08. The molecule has 144 valence electrons. The molecule has 6 nitrogen and oxygen atoms in total. The lowest BCUT2D eigenvalue weighted by molar-refractivity contribution is 0.0950. The number of hydrogen-bond acceptors (Lipinski definition) is 3. The summed E-state index contributed by atoms with van der Waals surface area (Å²) < 4.78 is 2.02. The summed E-state index contributed by atoms with van der Waals surface area (Å²) in [6, 6.07) is 16.5. The van der Waals surface area contributed by atoms with Gasteiger partial charge in [0.05, 0.1) is 5.56 Å². The van der Waals surface area contributed by atoms with Gasteiger partial charge in [0.15, 0.2) is 5.84 Å². The maximum Gasteiger partial charge on any atom is 0.253 e. The van der Waals surface area contributed by atoms with Crippen LogP contribution in [0.1, 0.15) is 32.9 Å². The molecule has 0 aliphatic carbocycles. The second kappa shape index (κ2) is 8.19. The van der Waals surface area contributed by atoms with Gasteiger partial charge in [-0.2, -0.15) is 0 Å². The minimum atomic E-state index is -0.145. The van der Waals surface area contributed by atoms with Crippen LogP contribution in [0, 0.1) is 13.8 Å². The molecule has 3 aromatic rings. The first-order valence-electron chi connectivity index (χ1n) is 8.70. The van der Waals surface area contributed by atoms with Gasteiger partial charge in [0.1, 0.15) is 0 Å². The van der Waals surface area contributed by atoms with E-state index in [1.54, 1.807) is 12.1 Å². The first-order chi connectivity index (χ1) is 13.4. The van der Waals surface area contributed by atoms with Gasteiger partial charge in [-0.1, -0.05) is 41.0 Å². The minimum absolute atomic E-state index is 0.0465. The molecule has 0 fully saturated rings. The summed E-state index contributed by atoms with van der Waals surface area (Å²) >= 11 is 5.97. The zero-order valence-electron chi connectivity index (χ0n) is 15.6. The topological polar surface area (TPSA) is 92.6 Å². The number of amides is 1. The third-order valence-electron chi connectivity index (χ3n) is 4.57. The molecule has 1 heterocycles. The van der Waals surface area contributed by atoms with E-state index in [0.717, 1.165) is 22.6 Å². The number of rotatable bonds is 5. The van der Waals surface area contributed by atoms with Crippen LogP contribution in [-0.4, -0.2) is 21.5 Å². The number of aryl methyl sites for hydroxylation is 1. The van der Waals surface area contributed by atoms with Gasteiger partial charge in [-0.25, -0.2) is 0 Å². The molecule has 0 aliphatic heterocycles. The Bertz CT molecular complexity index is 1020. The second-order valence-corrected chi connectivity index (χ2v) is 6.90. The zero-order chi connectivity index (χ0) is 20.3. The van der Waals surface area contributed by atoms with E-state index in [-0.39, 0.29) is 11.7 Å². The predicted molar refractivity (Wildman–Crippen MR) is 110 cm³/mol. The highest BCUT2D eigenvalue weighted by molar-refractivity contribution is 6.30. The number of nitrogens with one attached hydrogen (secondary N) is 1. The van der Waals surface area contributed by atoms with Gasteiger partial charge in [-0.3, -0.25) is 4.79 Å². The molecule has 4 N–H and O–H groups in total. The summed E-state index contributed by atoms with van der Waals surface area (Å²) in [7, 11) is 0. The number of oxime groups is 1. The van der Waals surface area contributed by atoms with E-state index in [1.807, 2.05) is 60.9 Å². The lowest BCUT2D eigenvalue weighted by Gasteiger charge is -2.10. The van der Waals surface area contributed by atoms with Crippen molar-refractivity contribution < 1.29 is 10.0 Å². The first kappa shape index (κ1) is 19.5. The Labute approximate surface area is 168 Å². The molecule has 0 aliphatic rings. The summed E-state index contributed by atoms with van der Waals surface area (Å²) in [6.07, 6.45) is 0. The van der Waals surface area contributed by atoms with E-state index in [4.69, 9.17) is 22.5 Å². The molecule has 2 aromatic carbocycles. The number of carbonyl (C=O) groups is 1. The fourth-order valence-corrected chi connectivity index (χ4v) is 3.23. The summed E-state index contributed by atoms with van der Waals surface area (Å²) in [4.78, 5) is 12.7. The Morgan fingerprint density at radius 3 is 2.39 bits per heavy atom. The van der Waals surface area contributed by atoms with Crippen LogP contribution in [-0.2, 0) is 6.54 Å². The van der Waals surface area contributed by atoms with Gasteiger partial charge < -0.3 is 20.8 Å². The van der Waals surface area contributed by atoms with Crippen LogP contribution in [0.25, 0.3) is 5.69 Å². The maximum absolute atomic E-state index is 12.7. The molecule has 0 radical (unpaired) electrons. The van der Waals surface area contributed by atoms with E-state index in [9.17, 15) is 4.79 Å². The van der Waals surface area contributed by atoms with Gasteiger partial charge >= 0.3 is 0 Å². The number of amidine groups is 1. The van der Waals surface area contributed by atoms with E-state index in [2.05, 4.69) is 10.5 Å². The van der Waals surface area contributed by atoms with Crippen LogP contribution in [0.2, 0.25) is 5.02 Å². The minimum Gasteiger partial charge on any atom is -0.409 e. The third-order valence-corrected chi connectivity index (χ3v) is 4.82. The Morgan fingerprint density at radius 1 is 1.14 bits per heavy atom. The molecule has 0 saturated heterocycles. The number of nitrogens with zero attached hydrogens (tertiary/aromatic N) is 2. The molecular formula is C21H21ClN4O2. The number of hydrogen-bond donors (Lipinski definition) is 3. The van der Waals surface area contributed by atoms with Gasteiger partial charge in [0.2, 0.25) is 0 Å². The van der Waals surface area contributed by atoms with Crippen LogP contribution in [0.4, 0.5) is 0 Å². The highest BCUT2D eigenvalue weighted by Gasteiger charge is 2.16. The smallest absolute Gasteiger partial charge is 0.253 e. The Morgan fingerprint density at radius 2 is 1.79 bits per heavy atom. The van der Waals surface area contributed by atoms with Crippen molar-refractivity contribution in [2.75, 3.05) is 0 Å². The van der Waals surface area contributed by atoms with Crippen molar-refractivity contribution in [3.8, 4) is 5.69 Å². The third kappa shape index (κ3) is 4.02. The largest absolute Gasteiger partial charge is 0.409 e. The van der Waals surface area contributed by atoms with Crippen molar-refractivity contribution in [2.45, 2.75) is 20.4 Å². The average Bonchev–Trinajstić information content (AvgIpc) is 3.01. The van der Waals surface area contributed by atoms with Crippen LogP contribution in [0.3, 0.4) is 0 Å². The van der Waals surface area contributed by atoms with Crippen LogP contribution >= 0.6 is 11.6 Å². The average molecular weight is 397 g/mol. The van der Waals surface area contributed by atoms with E-state index in [1.165, 1.54) is 0 Å². The molecule has 28 heavy (non-hydrogen) atoms. The maximum atomic E-state index is 12.7. The molecule has 1 aromatic heterocycles. The molecule has 0 saturated carbocycles. The molecule has 7 heteroatoms. The van der Waals surface area contributed by atoms with E-state index < -0.39 is 0 Å². The van der Waals surface area contributed by atoms with Crippen LogP contribution in [0.15, 0.2) is 59.8 Å². The van der Waals surface area contributed by atoms with Gasteiger partial charge in [0, 0.05) is 34.2 Å². The highest BCUT2D eigenvalue weighted by atomic mass is 35.5. The fourth-order valence-electron chi connectivity index (χ4n) is 3.11. The van der Waals surface area contributed by atoms with Crippen LogP contribution < -0.4 is 11.1 Å². The number of carbonyl (C=O) groups excluding carboxylic acids is 1. The lowest BCUT2D eigenvalue weighted by Crippen LogP contribution is -2.23. The number of nitrogens with two attached hydrogens (primary N) is 1. The molecule has 0 bridgehead atoms. The summed E-state index contributed by atoms with van der Waals surface area (Å²) in [5.41, 5.74) is 10.5. The van der Waals surface area contributed by atoms with Crippen molar-refractivity contribution in [2.24, 2.45) is 10.9 Å². The van der Waals surface area contributed by atoms with Crippen LogP contribution in [0.5, 0.6) is 0 Å². The van der Waals surface area contributed by atoms with Gasteiger partial charge in [0.25, 0.3) is 5.91 Å². The van der Waals surface area contributed by atoms with Crippen molar-refractivity contribution in [1.29, 1.82) is 0 Å². The molecule has 3 rings (SSSR count). The van der Waals surface area contributed by atoms with Gasteiger partial charge in [-0.05, 0) is 49.7 Å². The fraction of sp³-hybridized carbons (Fsp3) is 0.143. The molecule has 0 unspecified atom stereocenters. The van der Waals surface area contributed by atoms with Crippen molar-refractivity contribution >= 4 is 23.3 Å². The van der Waals surface area contributed by atoms with Crippen molar-refractivity contribution in [1.82, 2.24) is 9.88 Å². The van der Waals surface area contributed by atoms with Gasteiger partial charge in [-0.15, -0.1) is 0 Å². The highest BCUT2D eigenvalue weighted by Crippen LogP contribution is 2.22. The Balaban J connectivity index is 1.74. The summed E-state index contributed by atoms with van der Waals surface area (Å²) in [5, 5.41) is 15.3. The normalized spacial score (nSPS) is 11.5. The lowest BCUT2D eigenvalue weighted by atomic mass is 10.1. The standard InChI is InChI=1S/C21H21ClN4O2/c1-13-11-19(14(2)26(13)18-9-7-17(22)8-10-18)21(27)24-12-15-3-5-16(6-4-15)20(23)25-28/h3-11,28H,12H2,1-2H3,(H2,23,25)(H,24,27). The molecule has 0 atom stereocenters. The number of benzene rings is 2.